The number of benzene rings is 1. The van der Waals surface area contributed by atoms with Gasteiger partial charge in [-0.3, -0.25) is 9.59 Å². The lowest BCUT2D eigenvalue weighted by Crippen LogP contribution is -2.34. The number of halogens is 1. The number of amides is 1. The van der Waals surface area contributed by atoms with Crippen LogP contribution in [0.1, 0.15) is 32.8 Å². The fourth-order valence-corrected chi connectivity index (χ4v) is 2.33. The highest BCUT2D eigenvalue weighted by Crippen LogP contribution is 2.29. The van der Waals surface area contributed by atoms with Gasteiger partial charge in [-0.2, -0.15) is 0 Å². The lowest BCUT2D eigenvalue weighted by Gasteiger charge is -2.19. The third-order valence-corrected chi connectivity index (χ3v) is 3.79. The molecule has 0 atom stereocenters. The van der Waals surface area contributed by atoms with E-state index in [0.29, 0.717) is 36.8 Å². The second kappa shape index (κ2) is 12.9. The van der Waals surface area contributed by atoms with E-state index in [2.05, 4.69) is 11.3 Å². The monoisotopic (exact) mass is 395 g/mol. The molecule has 0 spiro atoms. The van der Waals surface area contributed by atoms with Crippen LogP contribution in [0.15, 0.2) is 18.2 Å². The maximum absolute atomic E-state index is 12.1. The standard InChI is InChI=1S/C20H26ClNO5/c1-4-11-26-20(24)14-16-8-9-17(18(13-16)25-12-7-10-21)27-15-19(23)22(5-2)6-3/h8-9,13H,4-6,11-12,14-15H2,1-3H3. The van der Waals surface area contributed by atoms with Gasteiger partial charge in [0.15, 0.2) is 24.7 Å². The van der Waals surface area contributed by atoms with E-state index in [-0.39, 0.29) is 31.5 Å². The van der Waals surface area contributed by atoms with Crippen LogP contribution in [0, 0.1) is 11.3 Å². The number of hydrogen-bond acceptors (Lipinski definition) is 5. The number of rotatable bonds is 11. The largest absolute Gasteiger partial charge is 0.480 e. The van der Waals surface area contributed by atoms with E-state index in [9.17, 15) is 9.59 Å². The van der Waals surface area contributed by atoms with Gasteiger partial charge in [0, 0.05) is 18.5 Å². The molecule has 0 bridgehead atoms. The second-order valence-corrected chi connectivity index (χ2v) is 5.78. The number of esters is 1. The first-order valence-corrected chi connectivity index (χ1v) is 9.33. The van der Waals surface area contributed by atoms with Crippen molar-refractivity contribution in [3.05, 3.63) is 23.8 Å². The van der Waals surface area contributed by atoms with Crippen LogP contribution in [-0.4, -0.2) is 49.7 Å². The minimum absolute atomic E-state index is 0.0631. The summed E-state index contributed by atoms with van der Waals surface area (Å²) in [5, 5.41) is 2.23. The fraction of sp³-hybridized carbons (Fsp3) is 0.500. The Morgan fingerprint density at radius 1 is 1.11 bits per heavy atom. The maximum Gasteiger partial charge on any atom is 0.310 e. The molecule has 1 amide bonds. The first kappa shape index (κ1) is 22.7. The van der Waals surface area contributed by atoms with Gasteiger partial charge in [0.1, 0.15) is 0 Å². The lowest BCUT2D eigenvalue weighted by molar-refractivity contribution is -0.142. The molecule has 0 aromatic heterocycles. The third-order valence-electron chi connectivity index (χ3n) is 3.66. The molecule has 0 saturated heterocycles. The van der Waals surface area contributed by atoms with Crippen LogP contribution in [-0.2, 0) is 20.7 Å². The van der Waals surface area contributed by atoms with Crippen molar-refractivity contribution in [2.45, 2.75) is 33.6 Å². The molecule has 1 aromatic carbocycles. The molecule has 0 aliphatic rings. The number of nitrogens with zero attached hydrogens (tertiary/aromatic N) is 1. The molecule has 0 fully saturated rings. The van der Waals surface area contributed by atoms with E-state index in [4.69, 9.17) is 25.8 Å². The topological polar surface area (TPSA) is 65.1 Å². The Labute approximate surface area is 165 Å². The van der Waals surface area contributed by atoms with E-state index < -0.39 is 0 Å². The van der Waals surface area contributed by atoms with Gasteiger partial charge in [0.2, 0.25) is 0 Å². The first-order valence-electron chi connectivity index (χ1n) is 8.96. The highest BCUT2D eigenvalue weighted by Gasteiger charge is 2.14. The Kier molecular flexibility index (Phi) is 10.8. The summed E-state index contributed by atoms with van der Waals surface area (Å²) in [6.45, 7) is 7.34. The van der Waals surface area contributed by atoms with Crippen molar-refractivity contribution >= 4 is 23.5 Å². The number of carbonyl (C=O) groups excluding carboxylic acids is 2. The van der Waals surface area contributed by atoms with Gasteiger partial charge < -0.3 is 19.1 Å². The summed E-state index contributed by atoms with van der Waals surface area (Å²) in [5.41, 5.74) is 0.715. The van der Waals surface area contributed by atoms with Crippen molar-refractivity contribution in [1.82, 2.24) is 4.90 Å². The zero-order valence-electron chi connectivity index (χ0n) is 16.0. The smallest absolute Gasteiger partial charge is 0.310 e. The Bertz CT molecular complexity index is 677. The fourth-order valence-electron chi connectivity index (χ4n) is 2.28. The molecule has 1 rings (SSSR count). The van der Waals surface area contributed by atoms with Gasteiger partial charge in [-0.15, -0.1) is 0 Å². The van der Waals surface area contributed by atoms with Crippen LogP contribution >= 0.6 is 11.6 Å². The molecule has 1 aromatic rings. The predicted molar refractivity (Wildman–Crippen MR) is 104 cm³/mol. The average molecular weight is 396 g/mol. The molecular weight excluding hydrogens is 370 g/mol. The van der Waals surface area contributed by atoms with Gasteiger partial charge in [0.05, 0.1) is 13.0 Å². The molecular formula is C20H26ClNO5. The van der Waals surface area contributed by atoms with E-state index in [0.717, 1.165) is 6.42 Å². The van der Waals surface area contributed by atoms with Crippen molar-refractivity contribution in [2.24, 2.45) is 0 Å². The summed E-state index contributed by atoms with van der Waals surface area (Å²) < 4.78 is 16.3. The molecule has 0 unspecified atom stereocenters. The molecule has 0 aliphatic heterocycles. The molecule has 148 valence electrons. The number of likely N-dealkylation sites (N-methyl/N-ethyl adjacent to an activating group) is 1. The highest BCUT2D eigenvalue weighted by molar-refractivity contribution is 6.30. The van der Waals surface area contributed by atoms with E-state index >= 15 is 0 Å². The summed E-state index contributed by atoms with van der Waals surface area (Å²) in [6, 6.07) is 5.09. The van der Waals surface area contributed by atoms with Crippen molar-refractivity contribution in [1.29, 1.82) is 0 Å². The van der Waals surface area contributed by atoms with Gasteiger partial charge in [-0.25, -0.2) is 0 Å². The molecule has 7 heteroatoms. The summed E-state index contributed by atoms with van der Waals surface area (Å²) >= 11 is 5.34. The summed E-state index contributed by atoms with van der Waals surface area (Å²) in [5.74, 6) is 2.95. The first-order chi connectivity index (χ1) is 13.0. The zero-order valence-corrected chi connectivity index (χ0v) is 16.8. The number of hydrogen-bond donors (Lipinski definition) is 0. The van der Waals surface area contributed by atoms with Gasteiger partial charge >= 0.3 is 5.97 Å². The van der Waals surface area contributed by atoms with E-state index in [1.54, 1.807) is 23.1 Å². The van der Waals surface area contributed by atoms with Crippen LogP contribution < -0.4 is 9.47 Å². The van der Waals surface area contributed by atoms with Crippen LogP contribution in [0.5, 0.6) is 11.5 Å². The molecule has 27 heavy (non-hydrogen) atoms. The van der Waals surface area contributed by atoms with Gasteiger partial charge in [0.25, 0.3) is 5.91 Å². The van der Waals surface area contributed by atoms with Crippen LogP contribution in [0.4, 0.5) is 0 Å². The molecule has 0 heterocycles. The normalized spacial score (nSPS) is 9.78. The van der Waals surface area contributed by atoms with E-state index in [1.807, 2.05) is 20.8 Å². The van der Waals surface area contributed by atoms with Crippen molar-refractivity contribution in [3.8, 4) is 22.8 Å². The Morgan fingerprint density at radius 2 is 1.85 bits per heavy atom. The highest BCUT2D eigenvalue weighted by atomic mass is 35.5. The molecule has 0 aliphatic carbocycles. The predicted octanol–water partition coefficient (Wildman–Crippen LogP) is 3.01. The Morgan fingerprint density at radius 3 is 2.48 bits per heavy atom. The summed E-state index contributed by atoms with van der Waals surface area (Å²) in [4.78, 5) is 25.6. The molecule has 0 radical (unpaired) electrons. The number of carbonyl (C=O) groups is 2. The quantitative estimate of drug-likeness (QED) is 0.425. The molecule has 0 saturated carbocycles. The van der Waals surface area contributed by atoms with E-state index in [1.165, 1.54) is 0 Å². The lowest BCUT2D eigenvalue weighted by atomic mass is 10.1. The Balaban J connectivity index is 2.86. The van der Waals surface area contributed by atoms with Gasteiger partial charge in [-0.1, -0.05) is 13.0 Å². The molecule has 0 N–H and O–H groups in total. The maximum atomic E-state index is 12.1. The minimum Gasteiger partial charge on any atom is -0.480 e. The zero-order chi connectivity index (χ0) is 20.1. The van der Waals surface area contributed by atoms with Crippen LogP contribution in [0.2, 0.25) is 0 Å². The van der Waals surface area contributed by atoms with Gasteiger partial charge in [-0.05, 0) is 55.5 Å². The Hall–Kier alpha value is -2.39. The average Bonchev–Trinajstić information content (AvgIpc) is 2.67. The SMILES string of the molecule is CCCOC(=O)Cc1ccc(OCC(=O)N(CC)CC)c(OCC#CCl)c1. The van der Waals surface area contributed by atoms with Crippen molar-refractivity contribution in [2.75, 3.05) is 32.9 Å². The number of ether oxygens (including phenoxy) is 3. The minimum atomic E-state index is -0.311. The van der Waals surface area contributed by atoms with Crippen LogP contribution in [0.3, 0.4) is 0 Å². The van der Waals surface area contributed by atoms with Crippen molar-refractivity contribution < 1.29 is 23.8 Å². The third kappa shape index (κ3) is 8.23. The van der Waals surface area contributed by atoms with Crippen LogP contribution in [0.25, 0.3) is 0 Å². The van der Waals surface area contributed by atoms with Crippen molar-refractivity contribution in [3.63, 3.8) is 0 Å². The summed E-state index contributed by atoms with van der Waals surface area (Å²) in [7, 11) is 0. The summed E-state index contributed by atoms with van der Waals surface area (Å²) in [6.07, 6.45) is 0.890. The molecule has 6 nitrogen and oxygen atoms in total. The second-order valence-electron chi connectivity index (χ2n) is 5.59.